The molecule has 1 rings (SSSR count). The summed E-state index contributed by atoms with van der Waals surface area (Å²) in [5.74, 6) is 0.595. The standard InChI is InChI=1S/C8H13Si.K/c1-5-4-8(9)7(3)6(5)2;/h5H,1-3,9H3;/q-1;+1. The molecule has 50 valence electrons. The van der Waals surface area contributed by atoms with Crippen LogP contribution < -0.4 is 51.4 Å². The third-order valence-electron chi connectivity index (χ3n) is 2.24. The quantitative estimate of drug-likeness (QED) is 0.297. The fraction of sp³-hybridized carbons (Fsp3) is 0.500. The van der Waals surface area contributed by atoms with E-state index in [0.717, 1.165) is 10.2 Å². The molecular formula is C8H13KSi. The Balaban J connectivity index is 0.000000810. The van der Waals surface area contributed by atoms with Crippen LogP contribution in [0.15, 0.2) is 16.3 Å². The second-order valence-electron chi connectivity index (χ2n) is 2.80. The van der Waals surface area contributed by atoms with E-state index in [0.29, 0.717) is 5.92 Å². The molecular weight excluding hydrogens is 163 g/mol. The van der Waals surface area contributed by atoms with Crippen LogP contribution in [0.3, 0.4) is 0 Å². The van der Waals surface area contributed by atoms with Crippen LogP contribution in [-0.2, 0) is 0 Å². The molecule has 0 bridgehead atoms. The Kier molecular flexibility index (Phi) is 4.97. The summed E-state index contributed by atoms with van der Waals surface area (Å²) in [6.45, 7) is 6.62. The summed E-state index contributed by atoms with van der Waals surface area (Å²) in [5, 5.41) is 1.47. The molecule has 0 nitrogen and oxygen atoms in total. The smallest absolute Gasteiger partial charge is 0.271 e. The molecule has 1 aliphatic rings. The van der Waals surface area contributed by atoms with Gasteiger partial charge in [-0.25, -0.2) is 10.8 Å². The van der Waals surface area contributed by atoms with Gasteiger partial charge in [-0.1, -0.05) is 19.8 Å². The van der Waals surface area contributed by atoms with Gasteiger partial charge in [-0.3, -0.25) is 6.08 Å². The summed E-state index contributed by atoms with van der Waals surface area (Å²) in [7, 11) is 1.16. The van der Waals surface area contributed by atoms with Gasteiger partial charge in [0.2, 0.25) is 0 Å². The second kappa shape index (κ2) is 4.38. The Morgan fingerprint density at radius 2 is 1.90 bits per heavy atom. The number of allylic oxidation sites excluding steroid dienone is 4. The van der Waals surface area contributed by atoms with E-state index in [9.17, 15) is 0 Å². The topological polar surface area (TPSA) is 0 Å². The van der Waals surface area contributed by atoms with Crippen molar-refractivity contribution in [2.45, 2.75) is 20.8 Å². The molecule has 0 aromatic carbocycles. The van der Waals surface area contributed by atoms with E-state index in [1.165, 1.54) is 16.3 Å². The Morgan fingerprint density at radius 3 is 2.00 bits per heavy atom. The molecule has 0 spiro atoms. The van der Waals surface area contributed by atoms with E-state index in [-0.39, 0.29) is 51.4 Å². The maximum absolute atomic E-state index is 3.42. The molecule has 1 unspecified atom stereocenters. The van der Waals surface area contributed by atoms with Gasteiger partial charge >= 0.3 is 51.4 Å². The summed E-state index contributed by atoms with van der Waals surface area (Å²) < 4.78 is 0. The minimum absolute atomic E-state index is 0. The van der Waals surface area contributed by atoms with Crippen LogP contribution in [0.1, 0.15) is 20.8 Å². The van der Waals surface area contributed by atoms with E-state index in [4.69, 9.17) is 0 Å². The number of hydrogen-bond donors (Lipinski definition) is 0. The van der Waals surface area contributed by atoms with Crippen LogP contribution in [0, 0.1) is 12.0 Å². The molecule has 1 atom stereocenters. The normalized spacial score (nSPS) is 24.7. The minimum atomic E-state index is 0. The van der Waals surface area contributed by atoms with E-state index in [1.807, 2.05) is 0 Å². The second-order valence-corrected chi connectivity index (χ2v) is 3.80. The van der Waals surface area contributed by atoms with Gasteiger partial charge in [0, 0.05) is 0 Å². The molecule has 2 heteroatoms. The van der Waals surface area contributed by atoms with Crippen molar-refractivity contribution in [3.05, 3.63) is 22.4 Å². The predicted octanol–water partition coefficient (Wildman–Crippen LogP) is -1.97. The zero-order valence-corrected chi connectivity index (χ0v) is 12.7. The van der Waals surface area contributed by atoms with Crippen LogP contribution in [0.5, 0.6) is 0 Å². The number of rotatable bonds is 0. The van der Waals surface area contributed by atoms with E-state index in [2.05, 4.69) is 26.8 Å². The van der Waals surface area contributed by atoms with Crippen LogP contribution in [0.25, 0.3) is 0 Å². The van der Waals surface area contributed by atoms with Gasteiger partial charge in [0.1, 0.15) is 0 Å². The summed E-state index contributed by atoms with van der Waals surface area (Å²) in [6, 6.07) is 0. The molecule has 1 aliphatic carbocycles. The molecule has 0 aromatic rings. The fourth-order valence-corrected chi connectivity index (χ4v) is 1.99. The van der Waals surface area contributed by atoms with Gasteiger partial charge in [-0.05, 0) is 10.2 Å². The van der Waals surface area contributed by atoms with Crippen molar-refractivity contribution in [1.29, 1.82) is 0 Å². The Morgan fingerprint density at radius 1 is 1.40 bits per heavy atom. The zero-order chi connectivity index (χ0) is 7.02. The van der Waals surface area contributed by atoms with Gasteiger partial charge in [0.25, 0.3) is 0 Å². The predicted molar refractivity (Wildman–Crippen MR) is 44.2 cm³/mol. The van der Waals surface area contributed by atoms with E-state index in [1.54, 1.807) is 0 Å². The molecule has 0 saturated carbocycles. The molecule has 0 heterocycles. The molecule has 0 radical (unpaired) electrons. The summed E-state index contributed by atoms with van der Waals surface area (Å²) in [6.07, 6.45) is 3.42. The number of hydrogen-bond acceptors (Lipinski definition) is 0. The molecule has 0 fully saturated rings. The first-order valence-corrected chi connectivity index (χ1v) is 4.40. The van der Waals surface area contributed by atoms with Crippen molar-refractivity contribution < 1.29 is 51.4 Å². The Labute approximate surface area is 109 Å². The van der Waals surface area contributed by atoms with Gasteiger partial charge in [0.05, 0.1) is 0 Å². The summed E-state index contributed by atoms with van der Waals surface area (Å²) >= 11 is 0. The van der Waals surface area contributed by atoms with Crippen LogP contribution in [0.2, 0.25) is 0 Å². The van der Waals surface area contributed by atoms with Gasteiger partial charge < -0.3 is 0 Å². The average Bonchev–Trinajstić information content (AvgIpc) is 1.98. The van der Waals surface area contributed by atoms with E-state index >= 15 is 0 Å². The fourth-order valence-electron chi connectivity index (χ4n) is 1.16. The third kappa shape index (κ3) is 2.16. The monoisotopic (exact) mass is 176 g/mol. The van der Waals surface area contributed by atoms with Crippen LogP contribution in [0.4, 0.5) is 0 Å². The summed E-state index contributed by atoms with van der Waals surface area (Å²) in [5.41, 5.74) is 3.01. The van der Waals surface area contributed by atoms with Gasteiger partial charge in [-0.2, -0.15) is 5.57 Å². The summed E-state index contributed by atoms with van der Waals surface area (Å²) in [4.78, 5) is 0. The van der Waals surface area contributed by atoms with Crippen molar-refractivity contribution in [1.82, 2.24) is 0 Å². The molecule has 0 aliphatic heterocycles. The largest absolute Gasteiger partial charge is 1.00 e. The van der Waals surface area contributed by atoms with Crippen molar-refractivity contribution in [2.24, 2.45) is 5.92 Å². The first kappa shape index (κ1) is 11.3. The molecule has 0 amide bonds. The average molecular weight is 176 g/mol. The maximum atomic E-state index is 3.42. The van der Waals surface area contributed by atoms with Crippen molar-refractivity contribution in [3.8, 4) is 0 Å². The van der Waals surface area contributed by atoms with Crippen molar-refractivity contribution >= 4 is 10.2 Å². The zero-order valence-electron chi connectivity index (χ0n) is 7.58. The van der Waals surface area contributed by atoms with Crippen LogP contribution >= 0.6 is 0 Å². The molecule has 0 saturated heterocycles. The molecule has 10 heavy (non-hydrogen) atoms. The first-order chi connectivity index (χ1) is 4.13. The van der Waals surface area contributed by atoms with Crippen LogP contribution in [-0.4, -0.2) is 10.2 Å². The minimum Gasteiger partial charge on any atom is -0.271 e. The van der Waals surface area contributed by atoms with Gasteiger partial charge in [-0.15, -0.1) is 6.92 Å². The Bertz CT molecular complexity index is 191. The van der Waals surface area contributed by atoms with Crippen molar-refractivity contribution in [2.75, 3.05) is 0 Å². The van der Waals surface area contributed by atoms with E-state index < -0.39 is 0 Å². The van der Waals surface area contributed by atoms with Crippen molar-refractivity contribution in [3.63, 3.8) is 0 Å². The SMILES string of the molecule is CC1=C(C)C(C)[C-]=C1[SiH3].[K+]. The van der Waals surface area contributed by atoms with Gasteiger partial charge in [0.15, 0.2) is 0 Å². The molecule has 0 aromatic heterocycles. The first-order valence-electron chi connectivity index (χ1n) is 3.40. The molecule has 0 N–H and O–H groups in total. The Hall–Kier alpha value is 1.33. The maximum Gasteiger partial charge on any atom is 1.00 e. The third-order valence-corrected chi connectivity index (χ3v) is 3.28.